The molecule has 1 aromatic carbocycles. The number of aliphatic carboxylic acids is 1. The second kappa shape index (κ2) is 7.53. The lowest BCUT2D eigenvalue weighted by Crippen LogP contribution is -2.41. The van der Waals surface area contributed by atoms with Crippen LogP contribution in [0.4, 0.5) is 0 Å². The zero-order valence-corrected chi connectivity index (χ0v) is 14.6. The average molecular weight is 354 g/mol. The summed E-state index contributed by atoms with van der Waals surface area (Å²) in [5, 5.41) is 19.6. The topological polar surface area (TPSA) is 83.7 Å². The van der Waals surface area contributed by atoms with Crippen molar-refractivity contribution < 1.29 is 19.5 Å². The Morgan fingerprint density at radius 1 is 1.38 bits per heavy atom. The number of ether oxygens (including phenoxy) is 1. The van der Waals surface area contributed by atoms with E-state index in [1.807, 2.05) is 32.9 Å². The summed E-state index contributed by atoms with van der Waals surface area (Å²) in [4.78, 5) is 16.3. The van der Waals surface area contributed by atoms with E-state index < -0.39 is 11.7 Å². The minimum Gasteiger partial charge on any atom is -0.481 e. The highest BCUT2D eigenvalue weighted by Gasteiger charge is 2.39. The van der Waals surface area contributed by atoms with Crippen molar-refractivity contribution in [1.29, 1.82) is 0 Å². The first kappa shape index (κ1) is 18.1. The Morgan fingerprint density at radius 3 is 2.62 bits per heavy atom. The Balaban J connectivity index is 2.30. The smallest absolute Gasteiger partial charge is 0.303 e. The first-order chi connectivity index (χ1) is 11.3. The summed E-state index contributed by atoms with van der Waals surface area (Å²) in [6, 6.07) is 7.12. The summed E-state index contributed by atoms with van der Waals surface area (Å²) < 4.78 is 5.46. The van der Waals surface area contributed by atoms with Crippen LogP contribution in [0.3, 0.4) is 0 Å². The predicted octanol–water partition coefficient (Wildman–Crippen LogP) is 3.28. The number of halogens is 1. The monoisotopic (exact) mass is 353 g/mol. The highest BCUT2D eigenvalue weighted by Crippen LogP contribution is 2.28. The van der Waals surface area contributed by atoms with Crippen LogP contribution in [0.5, 0.6) is 0 Å². The van der Waals surface area contributed by atoms with Gasteiger partial charge in [0.15, 0.2) is 5.84 Å². The van der Waals surface area contributed by atoms with Gasteiger partial charge in [-0.15, -0.1) is 5.10 Å². The highest BCUT2D eigenvalue weighted by atomic mass is 35.5. The molecule has 8 heteroatoms. The van der Waals surface area contributed by atoms with Crippen LogP contribution in [-0.4, -0.2) is 40.1 Å². The minimum absolute atomic E-state index is 0.0681. The molecule has 0 spiro atoms. The van der Waals surface area contributed by atoms with Gasteiger partial charge < -0.3 is 14.7 Å². The van der Waals surface area contributed by atoms with Crippen molar-refractivity contribution in [2.45, 2.75) is 39.3 Å². The summed E-state index contributed by atoms with van der Waals surface area (Å²) in [5.74, 6) is -0.0877. The highest BCUT2D eigenvalue weighted by molar-refractivity contribution is 6.30. The number of hydrogen-bond donors (Lipinski definition) is 1. The van der Waals surface area contributed by atoms with E-state index in [-0.39, 0.29) is 12.8 Å². The summed E-state index contributed by atoms with van der Waals surface area (Å²) in [6.45, 7) is 5.82. The van der Waals surface area contributed by atoms with Gasteiger partial charge in [0.25, 0.3) is 0 Å². The standard InChI is InChI=1S/C16H20ClN3O4/c1-4-23-13(9-10-14(21)22)18-20-15(19-24-16(20,2)3)11-5-7-12(17)8-6-11/h5-8H,4,9-10H2,1-3H3,(H,21,22). The summed E-state index contributed by atoms with van der Waals surface area (Å²) in [5.41, 5.74) is -0.0385. The van der Waals surface area contributed by atoms with Crippen molar-refractivity contribution in [3.05, 3.63) is 34.9 Å². The molecule has 130 valence electrons. The number of carbonyl (C=O) groups is 1. The fraction of sp³-hybridized carbons (Fsp3) is 0.438. The lowest BCUT2D eigenvalue weighted by atomic mass is 10.2. The molecule has 0 saturated heterocycles. The van der Waals surface area contributed by atoms with Crippen molar-refractivity contribution in [3.8, 4) is 0 Å². The molecule has 1 N–H and O–H groups in total. The molecule has 0 saturated carbocycles. The summed E-state index contributed by atoms with van der Waals surface area (Å²) >= 11 is 5.92. The molecule has 0 aliphatic carbocycles. The third kappa shape index (κ3) is 4.38. The van der Waals surface area contributed by atoms with Gasteiger partial charge in [0, 0.05) is 17.0 Å². The Labute approximate surface area is 145 Å². The van der Waals surface area contributed by atoms with Gasteiger partial charge in [-0.1, -0.05) is 16.8 Å². The molecule has 1 heterocycles. The Bertz CT molecular complexity index is 656. The Morgan fingerprint density at radius 2 is 2.04 bits per heavy atom. The van der Waals surface area contributed by atoms with Crippen molar-refractivity contribution in [2.75, 3.05) is 6.61 Å². The number of carboxylic acid groups (broad SMARTS) is 1. The molecule has 1 aromatic rings. The van der Waals surface area contributed by atoms with E-state index in [1.54, 1.807) is 17.1 Å². The van der Waals surface area contributed by atoms with E-state index in [0.29, 0.717) is 23.4 Å². The number of oxime groups is 1. The molecular weight excluding hydrogens is 334 g/mol. The van der Waals surface area contributed by atoms with Crippen LogP contribution in [0.15, 0.2) is 34.5 Å². The zero-order chi connectivity index (χ0) is 17.7. The van der Waals surface area contributed by atoms with Gasteiger partial charge >= 0.3 is 5.97 Å². The molecule has 24 heavy (non-hydrogen) atoms. The van der Waals surface area contributed by atoms with Gasteiger partial charge in [-0.05, 0) is 45.0 Å². The SMILES string of the molecule is CCOC(CCC(=O)O)=NN1C(c2ccc(Cl)cc2)=NOC1(C)C. The molecule has 0 amide bonds. The van der Waals surface area contributed by atoms with Crippen LogP contribution in [-0.2, 0) is 14.4 Å². The van der Waals surface area contributed by atoms with E-state index in [2.05, 4.69) is 10.3 Å². The van der Waals surface area contributed by atoms with Gasteiger partial charge in [0.2, 0.25) is 11.6 Å². The summed E-state index contributed by atoms with van der Waals surface area (Å²) in [7, 11) is 0. The largest absolute Gasteiger partial charge is 0.481 e. The van der Waals surface area contributed by atoms with E-state index in [0.717, 1.165) is 5.56 Å². The number of hydrogen-bond acceptors (Lipinski definition) is 6. The quantitative estimate of drug-likeness (QED) is 0.626. The number of carboxylic acids is 1. The first-order valence-corrected chi connectivity index (χ1v) is 7.95. The average Bonchev–Trinajstić information content (AvgIpc) is 2.81. The van der Waals surface area contributed by atoms with Crippen molar-refractivity contribution in [2.24, 2.45) is 10.3 Å². The van der Waals surface area contributed by atoms with Crippen molar-refractivity contribution >= 4 is 29.3 Å². The lowest BCUT2D eigenvalue weighted by Gasteiger charge is -2.27. The molecule has 2 rings (SSSR count). The van der Waals surface area contributed by atoms with Crippen LogP contribution in [0.2, 0.25) is 5.02 Å². The number of amidine groups is 1. The van der Waals surface area contributed by atoms with Crippen LogP contribution in [0, 0.1) is 0 Å². The van der Waals surface area contributed by atoms with Crippen LogP contribution in [0.1, 0.15) is 39.2 Å². The van der Waals surface area contributed by atoms with Crippen LogP contribution >= 0.6 is 11.6 Å². The third-order valence-corrected chi connectivity index (χ3v) is 3.50. The minimum atomic E-state index is -0.911. The maximum Gasteiger partial charge on any atom is 0.303 e. The Hall–Kier alpha value is -2.28. The van der Waals surface area contributed by atoms with Gasteiger partial charge in [-0.2, -0.15) is 5.01 Å². The number of rotatable bonds is 6. The van der Waals surface area contributed by atoms with Gasteiger partial charge in [0.1, 0.15) is 0 Å². The second-order valence-electron chi connectivity index (χ2n) is 5.59. The van der Waals surface area contributed by atoms with E-state index in [9.17, 15) is 4.79 Å². The number of hydrazone groups is 1. The normalized spacial score (nSPS) is 16.6. The molecule has 0 aromatic heterocycles. The maximum atomic E-state index is 10.8. The molecule has 0 unspecified atom stereocenters. The van der Waals surface area contributed by atoms with E-state index in [4.69, 9.17) is 26.3 Å². The number of benzene rings is 1. The predicted molar refractivity (Wildman–Crippen MR) is 90.9 cm³/mol. The van der Waals surface area contributed by atoms with E-state index >= 15 is 0 Å². The molecular formula is C16H20ClN3O4. The fourth-order valence-corrected chi connectivity index (χ4v) is 2.20. The number of nitrogens with zero attached hydrogens (tertiary/aromatic N) is 3. The molecule has 0 atom stereocenters. The van der Waals surface area contributed by atoms with Gasteiger partial charge in [-0.3, -0.25) is 4.79 Å². The van der Waals surface area contributed by atoms with Crippen molar-refractivity contribution in [1.82, 2.24) is 5.01 Å². The maximum absolute atomic E-state index is 10.8. The second-order valence-corrected chi connectivity index (χ2v) is 6.03. The third-order valence-electron chi connectivity index (χ3n) is 3.24. The Kier molecular flexibility index (Phi) is 5.66. The molecule has 1 aliphatic rings. The zero-order valence-electron chi connectivity index (χ0n) is 13.8. The van der Waals surface area contributed by atoms with Gasteiger partial charge in [0.05, 0.1) is 13.0 Å². The van der Waals surface area contributed by atoms with Gasteiger partial charge in [-0.25, -0.2) is 0 Å². The fourth-order valence-electron chi connectivity index (χ4n) is 2.07. The van der Waals surface area contributed by atoms with E-state index in [1.165, 1.54) is 0 Å². The van der Waals surface area contributed by atoms with Crippen LogP contribution < -0.4 is 0 Å². The molecule has 0 fully saturated rings. The molecule has 0 radical (unpaired) electrons. The molecule has 0 bridgehead atoms. The lowest BCUT2D eigenvalue weighted by molar-refractivity contribution is -0.136. The molecule has 7 nitrogen and oxygen atoms in total. The van der Waals surface area contributed by atoms with Crippen LogP contribution in [0.25, 0.3) is 0 Å². The first-order valence-electron chi connectivity index (χ1n) is 7.58. The summed E-state index contributed by atoms with van der Waals surface area (Å²) in [6.07, 6.45) is 0.116. The van der Waals surface area contributed by atoms with Crippen molar-refractivity contribution in [3.63, 3.8) is 0 Å². The molecule has 1 aliphatic heterocycles.